The van der Waals surface area contributed by atoms with Crippen LogP contribution in [0.5, 0.6) is 0 Å². The number of fused-ring (bicyclic) bond motifs is 3. The van der Waals surface area contributed by atoms with Crippen molar-refractivity contribution in [2.45, 2.75) is 0 Å². The van der Waals surface area contributed by atoms with Crippen LogP contribution in [0.4, 0.5) is 0 Å². The molecule has 0 amide bonds. The maximum absolute atomic E-state index is 11.4. The van der Waals surface area contributed by atoms with Gasteiger partial charge in [-0.1, -0.05) is 11.6 Å². The van der Waals surface area contributed by atoms with Gasteiger partial charge in [0.05, 0.1) is 6.33 Å². The summed E-state index contributed by atoms with van der Waals surface area (Å²) < 4.78 is 1.72. The average Bonchev–Trinajstić information content (AvgIpc) is 2.57. The fourth-order valence-corrected chi connectivity index (χ4v) is 1.66. The summed E-state index contributed by atoms with van der Waals surface area (Å²) in [4.78, 5) is 22.1. The Morgan fingerprint density at radius 1 is 1.47 bits per heavy atom. The molecule has 0 aliphatic heterocycles. The van der Waals surface area contributed by atoms with E-state index >= 15 is 0 Å². The Bertz CT molecular complexity index is 715. The molecule has 0 radical (unpaired) electrons. The highest BCUT2D eigenvalue weighted by atomic mass is 35.5. The highest BCUT2D eigenvalue weighted by Crippen LogP contribution is 2.15. The first kappa shape index (κ1) is 8.43. The Morgan fingerprint density at radius 3 is 3.20 bits per heavy atom. The second-order valence-corrected chi connectivity index (χ2v) is 3.53. The van der Waals surface area contributed by atoms with Crippen molar-refractivity contribution in [1.82, 2.24) is 19.4 Å². The zero-order valence-corrected chi connectivity index (χ0v) is 8.19. The molecule has 3 aromatic rings. The van der Waals surface area contributed by atoms with E-state index in [0.29, 0.717) is 21.8 Å². The number of H-pyrrole nitrogens is 1. The fraction of sp³-hybridized carbons (Fsp3) is 0. The lowest BCUT2D eigenvalue weighted by Crippen LogP contribution is -2.06. The van der Waals surface area contributed by atoms with Crippen molar-refractivity contribution in [3.05, 3.63) is 40.0 Å². The van der Waals surface area contributed by atoms with E-state index in [4.69, 9.17) is 11.6 Å². The molecule has 0 aromatic carbocycles. The van der Waals surface area contributed by atoms with Gasteiger partial charge in [0.25, 0.3) is 5.56 Å². The Balaban J connectivity index is 2.63. The van der Waals surface area contributed by atoms with Gasteiger partial charge >= 0.3 is 0 Å². The summed E-state index contributed by atoms with van der Waals surface area (Å²) in [6.07, 6.45) is 3.09. The van der Waals surface area contributed by atoms with E-state index in [9.17, 15) is 4.79 Å². The van der Waals surface area contributed by atoms with Gasteiger partial charge in [-0.15, -0.1) is 0 Å². The predicted octanol–water partition coefficient (Wildman–Crippen LogP) is 1.22. The van der Waals surface area contributed by atoms with Crippen molar-refractivity contribution in [2.24, 2.45) is 0 Å². The van der Waals surface area contributed by atoms with Gasteiger partial charge in [-0.25, -0.2) is 9.97 Å². The zero-order valence-electron chi connectivity index (χ0n) is 7.44. The summed E-state index contributed by atoms with van der Waals surface area (Å²) in [5.74, 6) is 0. The van der Waals surface area contributed by atoms with Crippen LogP contribution in [0.15, 0.2) is 29.5 Å². The highest BCUT2D eigenvalue weighted by Gasteiger charge is 2.08. The molecule has 3 rings (SSSR count). The van der Waals surface area contributed by atoms with Crippen LogP contribution in [0.25, 0.3) is 16.8 Å². The number of rotatable bonds is 0. The van der Waals surface area contributed by atoms with E-state index in [1.54, 1.807) is 22.7 Å². The van der Waals surface area contributed by atoms with Crippen LogP contribution in [0.1, 0.15) is 0 Å². The Kier molecular flexibility index (Phi) is 1.58. The summed E-state index contributed by atoms with van der Waals surface area (Å²) in [5.41, 5.74) is 1.21. The zero-order chi connectivity index (χ0) is 10.4. The minimum atomic E-state index is -0.250. The van der Waals surface area contributed by atoms with Crippen LogP contribution in [-0.4, -0.2) is 19.4 Å². The Morgan fingerprint density at radius 2 is 2.33 bits per heavy atom. The van der Waals surface area contributed by atoms with Crippen molar-refractivity contribution < 1.29 is 0 Å². The summed E-state index contributed by atoms with van der Waals surface area (Å²) in [6, 6.07) is 3.40. The van der Waals surface area contributed by atoms with Crippen LogP contribution >= 0.6 is 11.6 Å². The molecular formula is C9H5ClN4O. The molecule has 0 bridgehead atoms. The molecule has 5 nitrogen and oxygen atoms in total. The first-order chi connectivity index (χ1) is 7.25. The first-order valence-electron chi connectivity index (χ1n) is 4.27. The first-order valence-corrected chi connectivity index (χ1v) is 4.64. The van der Waals surface area contributed by atoms with E-state index in [1.165, 1.54) is 6.33 Å². The van der Waals surface area contributed by atoms with Gasteiger partial charge in [-0.3, -0.25) is 9.20 Å². The largest absolute Gasteiger partial charge is 0.311 e. The molecular weight excluding hydrogens is 216 g/mol. The summed E-state index contributed by atoms with van der Waals surface area (Å²) in [5, 5.41) is 0.578. The molecule has 0 atom stereocenters. The third-order valence-electron chi connectivity index (χ3n) is 2.16. The number of pyridine rings is 1. The van der Waals surface area contributed by atoms with Gasteiger partial charge in [0.15, 0.2) is 11.2 Å². The molecule has 0 aliphatic carbocycles. The van der Waals surface area contributed by atoms with E-state index < -0.39 is 0 Å². The van der Waals surface area contributed by atoms with E-state index in [-0.39, 0.29) is 5.56 Å². The van der Waals surface area contributed by atoms with Gasteiger partial charge in [-0.2, -0.15) is 0 Å². The number of imidazole rings is 1. The lowest BCUT2D eigenvalue weighted by molar-refractivity contribution is 1.12. The van der Waals surface area contributed by atoms with Gasteiger partial charge in [0.2, 0.25) is 0 Å². The fourth-order valence-electron chi connectivity index (χ4n) is 1.50. The van der Waals surface area contributed by atoms with Crippen molar-refractivity contribution >= 4 is 28.4 Å². The lowest BCUT2D eigenvalue weighted by atomic mass is 10.5. The van der Waals surface area contributed by atoms with Crippen LogP contribution in [0, 0.1) is 0 Å². The van der Waals surface area contributed by atoms with E-state index in [1.807, 2.05) is 0 Å². The van der Waals surface area contributed by atoms with Gasteiger partial charge < -0.3 is 4.98 Å². The minimum absolute atomic E-state index is 0.250. The topological polar surface area (TPSA) is 63.0 Å². The summed E-state index contributed by atoms with van der Waals surface area (Å²) in [6.45, 7) is 0. The van der Waals surface area contributed by atoms with Crippen molar-refractivity contribution in [1.29, 1.82) is 0 Å². The molecule has 74 valence electrons. The molecule has 0 aliphatic rings. The third-order valence-corrected chi connectivity index (χ3v) is 2.40. The normalized spacial score (nSPS) is 11.3. The number of aromatic nitrogens is 4. The molecule has 0 saturated carbocycles. The molecule has 6 heteroatoms. The molecule has 0 fully saturated rings. The molecule has 0 unspecified atom stereocenters. The van der Waals surface area contributed by atoms with Crippen LogP contribution in [0.2, 0.25) is 5.02 Å². The van der Waals surface area contributed by atoms with Gasteiger partial charge in [0, 0.05) is 17.3 Å². The molecule has 0 saturated heterocycles. The second-order valence-electron chi connectivity index (χ2n) is 3.09. The molecule has 0 spiro atoms. The third kappa shape index (κ3) is 1.13. The lowest BCUT2D eigenvalue weighted by Gasteiger charge is -1.93. The second kappa shape index (κ2) is 2.80. The standard InChI is InChI=1S/C9H5ClN4O/c10-5-1-2-14-6(3-5)13-7-8(14)11-4-12-9(7)15/h1-4H,(H,11,12,15). The number of halogens is 1. The number of nitrogens with one attached hydrogen (secondary N) is 1. The number of hydrogen-bond donors (Lipinski definition) is 1. The van der Waals surface area contributed by atoms with Crippen molar-refractivity contribution in [3.63, 3.8) is 0 Å². The van der Waals surface area contributed by atoms with Gasteiger partial charge in [-0.05, 0) is 6.07 Å². The maximum Gasteiger partial charge on any atom is 0.278 e. The van der Waals surface area contributed by atoms with E-state index in [0.717, 1.165) is 0 Å². The molecule has 15 heavy (non-hydrogen) atoms. The highest BCUT2D eigenvalue weighted by molar-refractivity contribution is 6.30. The number of aromatic amines is 1. The summed E-state index contributed by atoms with van der Waals surface area (Å²) in [7, 11) is 0. The van der Waals surface area contributed by atoms with E-state index in [2.05, 4.69) is 15.0 Å². The molecule has 3 aromatic heterocycles. The summed E-state index contributed by atoms with van der Waals surface area (Å²) >= 11 is 5.83. The number of nitrogens with zero attached hydrogens (tertiary/aromatic N) is 3. The minimum Gasteiger partial charge on any atom is -0.311 e. The van der Waals surface area contributed by atoms with Crippen LogP contribution in [-0.2, 0) is 0 Å². The maximum atomic E-state index is 11.4. The molecule has 1 N–H and O–H groups in total. The quantitative estimate of drug-likeness (QED) is 0.620. The smallest absolute Gasteiger partial charge is 0.278 e. The van der Waals surface area contributed by atoms with Crippen molar-refractivity contribution in [2.75, 3.05) is 0 Å². The predicted molar refractivity (Wildman–Crippen MR) is 56.1 cm³/mol. The van der Waals surface area contributed by atoms with Crippen LogP contribution in [0.3, 0.4) is 0 Å². The van der Waals surface area contributed by atoms with Crippen LogP contribution < -0.4 is 5.56 Å². The average molecular weight is 221 g/mol. The SMILES string of the molecule is O=c1[nH]cnc2c1nc1cc(Cl)ccn12. The monoisotopic (exact) mass is 220 g/mol. The van der Waals surface area contributed by atoms with Gasteiger partial charge in [0.1, 0.15) is 5.65 Å². The number of hydrogen-bond acceptors (Lipinski definition) is 3. The molecule has 3 heterocycles. The Hall–Kier alpha value is -1.88. The Labute approximate surface area is 88.4 Å². The van der Waals surface area contributed by atoms with Crippen molar-refractivity contribution in [3.8, 4) is 0 Å².